The molecular formula is C14H21NO4. The minimum atomic E-state index is -0.893. The van der Waals surface area contributed by atoms with E-state index < -0.39 is 17.9 Å². The Balaban J connectivity index is 2.22. The van der Waals surface area contributed by atoms with Gasteiger partial charge in [0.2, 0.25) is 11.8 Å². The van der Waals surface area contributed by atoms with Gasteiger partial charge in [-0.1, -0.05) is 26.7 Å². The molecule has 0 radical (unpaired) electrons. The predicted molar refractivity (Wildman–Crippen MR) is 68.2 cm³/mol. The van der Waals surface area contributed by atoms with Gasteiger partial charge in [0.05, 0.1) is 12.0 Å². The summed E-state index contributed by atoms with van der Waals surface area (Å²) < 4.78 is 0. The number of amides is 2. The molecule has 2 unspecified atom stereocenters. The van der Waals surface area contributed by atoms with Gasteiger partial charge in [0.25, 0.3) is 0 Å². The van der Waals surface area contributed by atoms with Gasteiger partial charge in [0, 0.05) is 12.8 Å². The molecule has 2 aliphatic rings. The number of carbonyl (C=O) groups is 3. The lowest BCUT2D eigenvalue weighted by Crippen LogP contribution is -2.55. The largest absolute Gasteiger partial charge is 0.481 e. The summed E-state index contributed by atoms with van der Waals surface area (Å²) in [6, 6.07) is -0.442. The van der Waals surface area contributed by atoms with Gasteiger partial charge in [0.1, 0.15) is 0 Å². The van der Waals surface area contributed by atoms with Crippen molar-refractivity contribution in [1.29, 1.82) is 0 Å². The minimum Gasteiger partial charge on any atom is -0.481 e. The normalized spacial score (nSPS) is 31.4. The molecule has 5 nitrogen and oxygen atoms in total. The molecule has 2 atom stereocenters. The number of carboxylic acid groups (broad SMARTS) is 1. The fourth-order valence-electron chi connectivity index (χ4n) is 3.27. The lowest BCUT2D eigenvalue weighted by atomic mass is 9.78. The maximum atomic E-state index is 12.2. The second kappa shape index (κ2) is 4.94. The Bertz CT molecular complexity index is 396. The third-order valence-electron chi connectivity index (χ3n) is 4.18. The molecule has 106 valence electrons. The van der Waals surface area contributed by atoms with Crippen molar-refractivity contribution >= 4 is 17.8 Å². The molecule has 1 aliphatic heterocycles. The SMILES string of the molecule is CC1(C)CC(=O)N(C2CCCCC2C(=O)O)C(=O)C1. The summed E-state index contributed by atoms with van der Waals surface area (Å²) in [6.07, 6.45) is 3.56. The average molecular weight is 267 g/mol. The van der Waals surface area contributed by atoms with Gasteiger partial charge in [0.15, 0.2) is 0 Å². The monoisotopic (exact) mass is 267 g/mol. The quantitative estimate of drug-likeness (QED) is 0.774. The number of carbonyl (C=O) groups excluding carboxylic acids is 2. The molecule has 2 fully saturated rings. The molecule has 1 N–H and O–H groups in total. The summed E-state index contributed by atoms with van der Waals surface area (Å²) in [6.45, 7) is 3.80. The topological polar surface area (TPSA) is 74.7 Å². The van der Waals surface area contributed by atoms with Gasteiger partial charge in [-0.15, -0.1) is 0 Å². The fraction of sp³-hybridized carbons (Fsp3) is 0.786. The molecule has 0 aromatic heterocycles. The third-order valence-corrected chi connectivity index (χ3v) is 4.18. The highest BCUT2D eigenvalue weighted by Gasteiger charge is 2.45. The van der Waals surface area contributed by atoms with Crippen molar-refractivity contribution in [2.45, 2.75) is 58.4 Å². The Hall–Kier alpha value is -1.39. The summed E-state index contributed by atoms with van der Waals surface area (Å²) in [4.78, 5) is 37.0. The van der Waals surface area contributed by atoms with Crippen LogP contribution in [0, 0.1) is 11.3 Å². The van der Waals surface area contributed by atoms with Crippen LogP contribution in [0.5, 0.6) is 0 Å². The van der Waals surface area contributed by atoms with Gasteiger partial charge in [-0.2, -0.15) is 0 Å². The number of hydrogen-bond acceptors (Lipinski definition) is 3. The van der Waals surface area contributed by atoms with E-state index in [0.717, 1.165) is 12.8 Å². The summed E-state index contributed by atoms with van der Waals surface area (Å²) >= 11 is 0. The van der Waals surface area contributed by atoms with E-state index in [1.807, 2.05) is 13.8 Å². The van der Waals surface area contributed by atoms with E-state index in [0.29, 0.717) is 25.7 Å². The molecule has 1 heterocycles. The Morgan fingerprint density at radius 1 is 1.16 bits per heavy atom. The fourth-order valence-corrected chi connectivity index (χ4v) is 3.27. The van der Waals surface area contributed by atoms with E-state index >= 15 is 0 Å². The van der Waals surface area contributed by atoms with Crippen molar-refractivity contribution in [3.05, 3.63) is 0 Å². The van der Waals surface area contributed by atoms with Crippen LogP contribution >= 0.6 is 0 Å². The van der Waals surface area contributed by atoms with Crippen LogP contribution in [-0.4, -0.2) is 33.8 Å². The van der Waals surface area contributed by atoms with Gasteiger partial charge in [-0.25, -0.2) is 0 Å². The molecule has 0 spiro atoms. The van der Waals surface area contributed by atoms with Crippen molar-refractivity contribution in [2.75, 3.05) is 0 Å². The zero-order chi connectivity index (χ0) is 14.2. The smallest absolute Gasteiger partial charge is 0.308 e. The standard InChI is InChI=1S/C14H21NO4/c1-14(2)7-11(16)15(12(17)8-14)10-6-4-3-5-9(10)13(18)19/h9-10H,3-8H2,1-2H3,(H,18,19). The number of rotatable bonds is 2. The van der Waals surface area contributed by atoms with E-state index in [9.17, 15) is 19.5 Å². The van der Waals surface area contributed by atoms with E-state index in [-0.39, 0.29) is 17.2 Å². The number of nitrogens with zero attached hydrogens (tertiary/aromatic N) is 1. The first-order chi connectivity index (χ1) is 8.82. The summed E-state index contributed by atoms with van der Waals surface area (Å²) in [5, 5.41) is 9.27. The molecular weight excluding hydrogens is 246 g/mol. The van der Waals surface area contributed by atoms with Crippen LogP contribution in [0.1, 0.15) is 52.4 Å². The van der Waals surface area contributed by atoms with Crippen LogP contribution in [0.3, 0.4) is 0 Å². The van der Waals surface area contributed by atoms with Crippen molar-refractivity contribution in [3.8, 4) is 0 Å². The zero-order valence-electron chi connectivity index (χ0n) is 11.5. The molecule has 5 heteroatoms. The summed E-state index contributed by atoms with van der Waals surface area (Å²) in [5.41, 5.74) is -0.307. The van der Waals surface area contributed by atoms with Crippen molar-refractivity contribution in [2.24, 2.45) is 11.3 Å². The number of hydrogen-bond donors (Lipinski definition) is 1. The molecule has 2 rings (SSSR count). The number of piperidine rings is 1. The third kappa shape index (κ3) is 2.80. The van der Waals surface area contributed by atoms with Crippen LogP contribution < -0.4 is 0 Å². The molecule has 0 aromatic rings. The molecule has 1 aliphatic carbocycles. The average Bonchev–Trinajstić information content (AvgIpc) is 2.26. The highest BCUT2D eigenvalue weighted by atomic mass is 16.4. The van der Waals surface area contributed by atoms with E-state index in [2.05, 4.69) is 0 Å². The van der Waals surface area contributed by atoms with Crippen LogP contribution in [0.25, 0.3) is 0 Å². The Kier molecular flexibility index (Phi) is 3.65. The molecule has 1 saturated carbocycles. The van der Waals surface area contributed by atoms with Crippen LogP contribution in [0.2, 0.25) is 0 Å². The molecule has 0 bridgehead atoms. The van der Waals surface area contributed by atoms with E-state index in [4.69, 9.17) is 0 Å². The maximum absolute atomic E-state index is 12.2. The summed E-state index contributed by atoms with van der Waals surface area (Å²) in [5.74, 6) is -1.91. The lowest BCUT2D eigenvalue weighted by Gasteiger charge is -2.42. The van der Waals surface area contributed by atoms with E-state index in [1.54, 1.807) is 0 Å². The van der Waals surface area contributed by atoms with E-state index in [1.165, 1.54) is 4.90 Å². The van der Waals surface area contributed by atoms with Gasteiger partial charge >= 0.3 is 5.97 Å². The van der Waals surface area contributed by atoms with Crippen LogP contribution in [-0.2, 0) is 14.4 Å². The van der Waals surface area contributed by atoms with Crippen LogP contribution in [0.15, 0.2) is 0 Å². The first-order valence-electron chi connectivity index (χ1n) is 6.89. The number of aliphatic carboxylic acids is 1. The number of carboxylic acids is 1. The molecule has 1 saturated heterocycles. The highest BCUT2D eigenvalue weighted by Crippen LogP contribution is 2.37. The number of imide groups is 1. The Labute approximate surface area is 113 Å². The Morgan fingerprint density at radius 3 is 2.21 bits per heavy atom. The maximum Gasteiger partial charge on any atom is 0.308 e. The van der Waals surface area contributed by atoms with Crippen molar-refractivity contribution < 1.29 is 19.5 Å². The van der Waals surface area contributed by atoms with Gasteiger partial charge < -0.3 is 5.11 Å². The van der Waals surface area contributed by atoms with Crippen molar-refractivity contribution in [1.82, 2.24) is 4.90 Å². The zero-order valence-corrected chi connectivity index (χ0v) is 11.5. The minimum absolute atomic E-state index is 0.209. The molecule has 0 aromatic carbocycles. The molecule has 2 amide bonds. The Morgan fingerprint density at radius 2 is 1.68 bits per heavy atom. The van der Waals surface area contributed by atoms with Crippen LogP contribution in [0.4, 0.5) is 0 Å². The second-order valence-electron chi connectivity index (χ2n) is 6.47. The van der Waals surface area contributed by atoms with Gasteiger partial charge in [-0.05, 0) is 18.3 Å². The molecule has 19 heavy (non-hydrogen) atoms. The lowest BCUT2D eigenvalue weighted by molar-refractivity contribution is -0.160. The van der Waals surface area contributed by atoms with Gasteiger partial charge in [-0.3, -0.25) is 19.3 Å². The number of likely N-dealkylation sites (tertiary alicyclic amines) is 1. The summed E-state index contributed by atoms with van der Waals surface area (Å²) in [7, 11) is 0. The second-order valence-corrected chi connectivity index (χ2v) is 6.47. The highest BCUT2D eigenvalue weighted by molar-refractivity contribution is 5.99. The van der Waals surface area contributed by atoms with Crippen molar-refractivity contribution in [3.63, 3.8) is 0 Å². The first kappa shape index (κ1) is 14.0. The predicted octanol–water partition coefficient (Wildman–Crippen LogP) is 1.81. The first-order valence-corrected chi connectivity index (χ1v) is 6.89.